The third kappa shape index (κ3) is 6.26. The van der Waals surface area contributed by atoms with E-state index < -0.39 is 30.1 Å². The number of aromatic carboxylic acids is 1. The first-order valence-corrected chi connectivity index (χ1v) is 13.5. The predicted octanol–water partition coefficient (Wildman–Crippen LogP) is 5.00. The first kappa shape index (κ1) is 28.2. The Morgan fingerprint density at radius 2 is 1.90 bits per heavy atom. The van der Waals surface area contributed by atoms with Crippen molar-refractivity contribution in [3.63, 3.8) is 0 Å². The number of nitrogens with one attached hydrogen (secondary N) is 1. The molecule has 2 aromatic heterocycles. The van der Waals surface area contributed by atoms with Crippen LogP contribution in [0.1, 0.15) is 79.7 Å². The molecule has 1 aliphatic rings. The minimum absolute atomic E-state index is 0.0827. The number of fused-ring (bicyclic) bond motifs is 1. The molecule has 210 valence electrons. The maximum Gasteiger partial charge on any atom is 0.410 e. The van der Waals surface area contributed by atoms with Crippen molar-refractivity contribution >= 4 is 28.9 Å². The van der Waals surface area contributed by atoms with E-state index in [9.17, 15) is 19.5 Å². The summed E-state index contributed by atoms with van der Waals surface area (Å²) in [7, 11) is 3.66. The molecule has 0 bridgehead atoms. The zero-order chi connectivity index (χ0) is 28.3. The second-order valence-corrected chi connectivity index (χ2v) is 10.8. The molecule has 10 nitrogen and oxygen atoms in total. The maximum absolute atomic E-state index is 13.6. The minimum Gasteiger partial charge on any atom is -0.476 e. The summed E-state index contributed by atoms with van der Waals surface area (Å²) in [5, 5.41) is 13.5. The molecule has 10 heteroatoms. The monoisotopic (exact) mass is 538 g/mol. The Kier molecular flexibility index (Phi) is 8.62. The van der Waals surface area contributed by atoms with Gasteiger partial charge in [-0.25, -0.2) is 14.6 Å². The number of carboxylic acids is 1. The van der Waals surface area contributed by atoms with Crippen molar-refractivity contribution in [3.8, 4) is 0 Å². The number of para-hydroxylation sites is 1. The lowest BCUT2D eigenvalue weighted by molar-refractivity contribution is -0.133. The van der Waals surface area contributed by atoms with Crippen LogP contribution < -0.4 is 5.32 Å². The van der Waals surface area contributed by atoms with Gasteiger partial charge in [-0.15, -0.1) is 0 Å². The highest BCUT2D eigenvalue weighted by Crippen LogP contribution is 2.28. The van der Waals surface area contributed by atoms with E-state index in [-0.39, 0.29) is 29.3 Å². The van der Waals surface area contributed by atoms with E-state index >= 15 is 0 Å². The van der Waals surface area contributed by atoms with Crippen LogP contribution >= 0.6 is 0 Å². The fraction of sp³-hybridized carbons (Fsp3) is 0.517. The molecule has 2 amide bonds. The Labute approximate surface area is 228 Å². The van der Waals surface area contributed by atoms with Gasteiger partial charge in [-0.1, -0.05) is 51.3 Å². The number of amides is 2. The highest BCUT2D eigenvalue weighted by Gasteiger charge is 2.34. The van der Waals surface area contributed by atoms with E-state index in [0.717, 1.165) is 42.1 Å². The van der Waals surface area contributed by atoms with Gasteiger partial charge in [0.1, 0.15) is 11.8 Å². The zero-order valence-corrected chi connectivity index (χ0v) is 23.3. The summed E-state index contributed by atoms with van der Waals surface area (Å²) in [6, 6.07) is 7.20. The van der Waals surface area contributed by atoms with Crippen molar-refractivity contribution in [1.29, 1.82) is 0 Å². The van der Waals surface area contributed by atoms with Crippen LogP contribution in [-0.2, 0) is 23.0 Å². The number of hydrogen-bond acceptors (Lipinski definition) is 6. The third-order valence-corrected chi connectivity index (χ3v) is 7.54. The van der Waals surface area contributed by atoms with Gasteiger partial charge < -0.3 is 29.0 Å². The number of oxazole rings is 1. The maximum atomic E-state index is 13.6. The first-order chi connectivity index (χ1) is 18.6. The number of carboxylic acid groups (broad SMARTS) is 1. The van der Waals surface area contributed by atoms with Crippen LogP contribution in [0.2, 0.25) is 0 Å². The number of nitrogens with zero attached hydrogens (tertiary/aromatic N) is 3. The fourth-order valence-electron chi connectivity index (χ4n) is 5.33. The van der Waals surface area contributed by atoms with Gasteiger partial charge in [-0.2, -0.15) is 0 Å². The van der Waals surface area contributed by atoms with E-state index in [1.807, 2.05) is 55.9 Å². The quantitative estimate of drug-likeness (QED) is 0.393. The average molecular weight is 539 g/mol. The summed E-state index contributed by atoms with van der Waals surface area (Å²) in [4.78, 5) is 44.0. The highest BCUT2D eigenvalue weighted by molar-refractivity contribution is 5.87. The molecule has 0 radical (unpaired) electrons. The number of rotatable bonds is 9. The number of aryl methyl sites for hydroxylation is 2. The van der Waals surface area contributed by atoms with E-state index in [2.05, 4.69) is 10.3 Å². The van der Waals surface area contributed by atoms with Crippen molar-refractivity contribution in [2.75, 3.05) is 7.05 Å². The predicted molar refractivity (Wildman–Crippen MR) is 145 cm³/mol. The SMILES string of the molecule is Cc1oc(C(Cc2cn(C)c3ccccc23)NC(=O)C(OC(=O)N(C)C2CCCCC2)C(C)C)nc1C(=O)O. The van der Waals surface area contributed by atoms with Gasteiger partial charge in [0, 0.05) is 43.7 Å². The van der Waals surface area contributed by atoms with Gasteiger partial charge in [-0.05, 0) is 37.3 Å². The molecule has 1 saturated carbocycles. The normalized spacial score (nSPS) is 15.7. The number of carbonyl (C=O) groups excluding carboxylic acids is 2. The molecule has 2 atom stereocenters. The molecular formula is C29H38N4O6. The van der Waals surface area contributed by atoms with Gasteiger partial charge in [0.15, 0.2) is 11.8 Å². The third-order valence-electron chi connectivity index (χ3n) is 7.54. The van der Waals surface area contributed by atoms with Gasteiger partial charge >= 0.3 is 12.1 Å². The Bertz CT molecular complexity index is 1340. The zero-order valence-electron chi connectivity index (χ0n) is 23.3. The van der Waals surface area contributed by atoms with Gasteiger partial charge in [0.25, 0.3) is 5.91 Å². The number of carbonyl (C=O) groups is 3. The second-order valence-electron chi connectivity index (χ2n) is 10.8. The largest absolute Gasteiger partial charge is 0.476 e. The number of ether oxygens (including phenoxy) is 1. The summed E-state index contributed by atoms with van der Waals surface area (Å²) in [6.45, 7) is 5.15. The van der Waals surface area contributed by atoms with Crippen molar-refractivity contribution in [1.82, 2.24) is 19.8 Å². The second kappa shape index (κ2) is 11.9. The summed E-state index contributed by atoms with van der Waals surface area (Å²) in [5.74, 6) is -1.77. The Hall–Kier alpha value is -3.82. The van der Waals surface area contributed by atoms with Crippen molar-refractivity contribution in [2.24, 2.45) is 13.0 Å². The van der Waals surface area contributed by atoms with Crippen LogP contribution in [0.25, 0.3) is 10.9 Å². The minimum atomic E-state index is -1.21. The molecule has 39 heavy (non-hydrogen) atoms. The molecule has 3 aromatic rings. The first-order valence-electron chi connectivity index (χ1n) is 13.5. The average Bonchev–Trinajstić information content (AvgIpc) is 3.46. The Morgan fingerprint density at radius 3 is 2.54 bits per heavy atom. The molecule has 2 N–H and O–H groups in total. The van der Waals surface area contributed by atoms with Crippen LogP contribution in [0.3, 0.4) is 0 Å². The Morgan fingerprint density at radius 1 is 1.21 bits per heavy atom. The molecule has 2 unspecified atom stereocenters. The van der Waals surface area contributed by atoms with Crippen LogP contribution in [0.4, 0.5) is 4.79 Å². The molecular weight excluding hydrogens is 500 g/mol. The van der Waals surface area contributed by atoms with E-state index in [0.29, 0.717) is 6.42 Å². The summed E-state index contributed by atoms with van der Waals surface area (Å²) < 4.78 is 13.5. The van der Waals surface area contributed by atoms with Crippen molar-refractivity contribution < 1.29 is 28.6 Å². The molecule has 4 rings (SSSR count). The highest BCUT2D eigenvalue weighted by atomic mass is 16.6. The molecule has 0 spiro atoms. The lowest BCUT2D eigenvalue weighted by Gasteiger charge is -2.32. The number of benzene rings is 1. The van der Waals surface area contributed by atoms with E-state index in [4.69, 9.17) is 9.15 Å². The van der Waals surface area contributed by atoms with Gasteiger partial charge in [-0.3, -0.25) is 4.79 Å². The molecule has 0 saturated heterocycles. The topological polar surface area (TPSA) is 127 Å². The lowest BCUT2D eigenvalue weighted by atomic mass is 9.95. The molecule has 1 aromatic carbocycles. The molecule has 0 aliphatic heterocycles. The molecule has 1 fully saturated rings. The fourth-order valence-corrected chi connectivity index (χ4v) is 5.33. The van der Waals surface area contributed by atoms with Gasteiger partial charge in [0.05, 0.1) is 0 Å². The van der Waals surface area contributed by atoms with Crippen molar-refractivity contribution in [2.45, 2.75) is 77.5 Å². The summed E-state index contributed by atoms with van der Waals surface area (Å²) in [6.07, 6.45) is 5.84. The van der Waals surface area contributed by atoms with E-state index in [1.54, 1.807) is 11.9 Å². The summed E-state index contributed by atoms with van der Waals surface area (Å²) >= 11 is 0. The summed E-state index contributed by atoms with van der Waals surface area (Å²) in [5.41, 5.74) is 1.75. The molecule has 2 heterocycles. The van der Waals surface area contributed by atoms with Crippen LogP contribution in [0.5, 0.6) is 0 Å². The van der Waals surface area contributed by atoms with Gasteiger partial charge in [0.2, 0.25) is 5.89 Å². The standard InChI is InChI=1S/C29H38N4O6/c1-17(2)25(39-29(37)33(5)20-11-7-6-8-12-20)26(34)30-22(27-31-24(28(35)36)18(3)38-27)15-19-16-32(4)23-14-10-9-13-21(19)23/h9-10,13-14,16-17,20,22,25H,6-8,11-12,15H2,1-5H3,(H,30,34)(H,35,36). The number of aromatic nitrogens is 2. The number of hydrogen-bond donors (Lipinski definition) is 2. The Balaban J connectivity index is 1.59. The smallest absolute Gasteiger partial charge is 0.410 e. The van der Waals surface area contributed by atoms with Crippen LogP contribution in [0.15, 0.2) is 34.9 Å². The van der Waals surface area contributed by atoms with Crippen molar-refractivity contribution in [3.05, 3.63) is 53.4 Å². The van der Waals surface area contributed by atoms with E-state index in [1.165, 1.54) is 13.3 Å². The van der Waals surface area contributed by atoms with Crippen LogP contribution in [0, 0.1) is 12.8 Å². The van der Waals surface area contributed by atoms with Crippen LogP contribution in [-0.4, -0.2) is 56.7 Å². The molecule has 1 aliphatic carbocycles. The lowest BCUT2D eigenvalue weighted by Crippen LogP contribution is -2.47.